The first-order valence-electron chi connectivity index (χ1n) is 6.91. The lowest BCUT2D eigenvalue weighted by atomic mass is 10.2. The Hall–Kier alpha value is -1.79. The van der Waals surface area contributed by atoms with E-state index in [0.717, 1.165) is 11.5 Å². The molecular weight excluding hydrogens is 316 g/mol. The van der Waals surface area contributed by atoms with Crippen molar-refractivity contribution in [3.05, 3.63) is 52.2 Å². The van der Waals surface area contributed by atoms with Crippen LogP contribution in [0, 0.1) is 0 Å². The number of anilines is 1. The monoisotopic (exact) mass is 334 g/mol. The topological polar surface area (TPSA) is 58.2 Å². The summed E-state index contributed by atoms with van der Waals surface area (Å²) in [5.74, 6) is 1.65. The minimum Gasteiger partial charge on any atom is -0.351 e. The Morgan fingerprint density at radius 2 is 1.95 bits per heavy atom. The predicted molar refractivity (Wildman–Crippen MR) is 93.6 cm³/mol. The molecule has 4 nitrogen and oxygen atoms in total. The van der Waals surface area contributed by atoms with Crippen molar-refractivity contribution in [2.45, 2.75) is 12.7 Å². The Labute approximate surface area is 138 Å². The van der Waals surface area contributed by atoms with Gasteiger partial charge in [0, 0.05) is 41.1 Å². The van der Waals surface area contributed by atoms with E-state index in [-0.39, 0.29) is 11.8 Å². The van der Waals surface area contributed by atoms with Crippen molar-refractivity contribution < 1.29 is 9.59 Å². The van der Waals surface area contributed by atoms with Gasteiger partial charge in [-0.15, -0.1) is 11.3 Å². The summed E-state index contributed by atoms with van der Waals surface area (Å²) in [6.45, 7) is 2.09. The van der Waals surface area contributed by atoms with E-state index in [1.165, 1.54) is 11.8 Å². The van der Waals surface area contributed by atoms with Crippen LogP contribution in [0.5, 0.6) is 0 Å². The number of benzene rings is 1. The molecule has 0 atom stereocenters. The second-order valence-electron chi connectivity index (χ2n) is 4.65. The Morgan fingerprint density at radius 1 is 1.18 bits per heavy atom. The minimum atomic E-state index is -0.125. The van der Waals surface area contributed by atoms with E-state index in [1.807, 2.05) is 6.07 Å². The number of carbonyl (C=O) groups is 2. The van der Waals surface area contributed by atoms with Gasteiger partial charge >= 0.3 is 0 Å². The molecule has 0 spiro atoms. The van der Waals surface area contributed by atoms with Crippen molar-refractivity contribution in [1.82, 2.24) is 5.32 Å². The standard InChI is InChI=1S/C16H18N2O2S2/c1-12(19)18-14-6-4-13(5-7-14)16(20)17-8-10-21-11-15-3-2-9-22-15/h2-7,9H,8,10-11H2,1H3,(H,17,20)(H,18,19). The fourth-order valence-corrected chi connectivity index (χ4v) is 3.51. The van der Waals surface area contributed by atoms with E-state index in [9.17, 15) is 9.59 Å². The predicted octanol–water partition coefficient (Wildman–Crippen LogP) is 3.37. The van der Waals surface area contributed by atoms with E-state index in [4.69, 9.17) is 0 Å². The quantitative estimate of drug-likeness (QED) is 0.763. The lowest BCUT2D eigenvalue weighted by molar-refractivity contribution is -0.114. The number of hydrogen-bond acceptors (Lipinski definition) is 4. The molecule has 0 aliphatic carbocycles. The third-order valence-electron chi connectivity index (χ3n) is 2.82. The zero-order chi connectivity index (χ0) is 15.8. The summed E-state index contributed by atoms with van der Waals surface area (Å²) in [6.07, 6.45) is 0. The number of rotatable bonds is 7. The first-order valence-corrected chi connectivity index (χ1v) is 8.94. The number of thiophene rings is 1. The minimum absolute atomic E-state index is 0.0916. The molecule has 0 radical (unpaired) electrons. The molecule has 0 bridgehead atoms. The highest BCUT2D eigenvalue weighted by Crippen LogP contribution is 2.16. The molecule has 2 aromatic rings. The highest BCUT2D eigenvalue weighted by Gasteiger charge is 2.05. The fraction of sp³-hybridized carbons (Fsp3) is 0.250. The molecule has 2 amide bonds. The zero-order valence-corrected chi connectivity index (χ0v) is 13.9. The summed E-state index contributed by atoms with van der Waals surface area (Å²) < 4.78 is 0. The van der Waals surface area contributed by atoms with Gasteiger partial charge in [0.1, 0.15) is 0 Å². The SMILES string of the molecule is CC(=O)Nc1ccc(C(=O)NCCSCc2cccs2)cc1. The smallest absolute Gasteiger partial charge is 0.251 e. The Kier molecular flexibility index (Phi) is 6.48. The molecule has 2 rings (SSSR count). The molecule has 0 aliphatic rings. The van der Waals surface area contributed by atoms with Crippen LogP contribution in [-0.2, 0) is 10.5 Å². The van der Waals surface area contributed by atoms with Gasteiger partial charge in [-0.3, -0.25) is 9.59 Å². The average Bonchev–Trinajstić information content (AvgIpc) is 3.00. The molecular formula is C16H18N2O2S2. The summed E-state index contributed by atoms with van der Waals surface area (Å²) in [4.78, 5) is 24.2. The highest BCUT2D eigenvalue weighted by atomic mass is 32.2. The lowest BCUT2D eigenvalue weighted by Crippen LogP contribution is -2.25. The summed E-state index contributed by atoms with van der Waals surface area (Å²) in [6, 6.07) is 11.0. The number of thioether (sulfide) groups is 1. The molecule has 2 N–H and O–H groups in total. The van der Waals surface area contributed by atoms with Gasteiger partial charge in [-0.1, -0.05) is 6.07 Å². The van der Waals surface area contributed by atoms with Crippen LogP contribution in [0.2, 0.25) is 0 Å². The summed E-state index contributed by atoms with van der Waals surface area (Å²) in [7, 11) is 0. The molecule has 6 heteroatoms. The normalized spacial score (nSPS) is 10.2. The highest BCUT2D eigenvalue weighted by molar-refractivity contribution is 7.98. The molecule has 1 aromatic carbocycles. The first kappa shape index (κ1) is 16.6. The number of hydrogen-bond donors (Lipinski definition) is 2. The molecule has 22 heavy (non-hydrogen) atoms. The van der Waals surface area contributed by atoms with E-state index < -0.39 is 0 Å². The van der Waals surface area contributed by atoms with Crippen LogP contribution in [0.4, 0.5) is 5.69 Å². The van der Waals surface area contributed by atoms with Crippen molar-refractivity contribution in [3.8, 4) is 0 Å². The second-order valence-corrected chi connectivity index (χ2v) is 6.78. The third kappa shape index (κ3) is 5.54. The summed E-state index contributed by atoms with van der Waals surface area (Å²) in [5.41, 5.74) is 1.29. The largest absolute Gasteiger partial charge is 0.351 e. The van der Waals surface area contributed by atoms with Crippen LogP contribution in [0.1, 0.15) is 22.2 Å². The van der Waals surface area contributed by atoms with Gasteiger partial charge in [0.15, 0.2) is 0 Å². The summed E-state index contributed by atoms with van der Waals surface area (Å²) in [5, 5.41) is 7.64. The van der Waals surface area contributed by atoms with Gasteiger partial charge in [-0.25, -0.2) is 0 Å². The Balaban J connectivity index is 1.69. The lowest BCUT2D eigenvalue weighted by Gasteiger charge is -2.06. The maximum atomic E-state index is 12.0. The van der Waals surface area contributed by atoms with E-state index in [2.05, 4.69) is 22.1 Å². The van der Waals surface area contributed by atoms with Gasteiger partial charge in [0.05, 0.1) is 0 Å². The van der Waals surface area contributed by atoms with Gasteiger partial charge in [-0.2, -0.15) is 11.8 Å². The van der Waals surface area contributed by atoms with Crippen LogP contribution in [0.15, 0.2) is 41.8 Å². The van der Waals surface area contributed by atoms with Gasteiger partial charge in [0.25, 0.3) is 5.91 Å². The van der Waals surface area contributed by atoms with Crippen molar-refractivity contribution in [3.63, 3.8) is 0 Å². The van der Waals surface area contributed by atoms with Crippen LogP contribution in [-0.4, -0.2) is 24.1 Å². The van der Waals surface area contributed by atoms with Crippen molar-refractivity contribution in [2.75, 3.05) is 17.6 Å². The Morgan fingerprint density at radius 3 is 2.59 bits per heavy atom. The van der Waals surface area contributed by atoms with Crippen LogP contribution >= 0.6 is 23.1 Å². The molecule has 1 aromatic heterocycles. The molecule has 0 unspecified atom stereocenters. The number of nitrogens with one attached hydrogen (secondary N) is 2. The van der Waals surface area contributed by atoms with E-state index in [0.29, 0.717) is 17.8 Å². The van der Waals surface area contributed by atoms with Gasteiger partial charge < -0.3 is 10.6 Å². The van der Waals surface area contributed by atoms with Crippen LogP contribution < -0.4 is 10.6 Å². The maximum Gasteiger partial charge on any atom is 0.251 e. The molecule has 0 fully saturated rings. The molecule has 0 saturated heterocycles. The molecule has 0 aliphatic heterocycles. The van der Waals surface area contributed by atoms with Gasteiger partial charge in [-0.05, 0) is 35.7 Å². The molecule has 1 heterocycles. The molecule has 116 valence electrons. The fourth-order valence-electron chi connectivity index (χ4n) is 1.81. The Bertz CT molecular complexity index is 610. The maximum absolute atomic E-state index is 12.0. The van der Waals surface area contributed by atoms with Crippen LogP contribution in [0.3, 0.4) is 0 Å². The number of amides is 2. The summed E-state index contributed by atoms with van der Waals surface area (Å²) >= 11 is 3.56. The zero-order valence-electron chi connectivity index (χ0n) is 12.3. The van der Waals surface area contributed by atoms with Crippen molar-refractivity contribution >= 4 is 40.6 Å². The average molecular weight is 334 g/mol. The van der Waals surface area contributed by atoms with Gasteiger partial charge in [0.2, 0.25) is 5.91 Å². The third-order valence-corrected chi connectivity index (χ3v) is 4.89. The van der Waals surface area contributed by atoms with Crippen molar-refractivity contribution in [1.29, 1.82) is 0 Å². The number of carbonyl (C=O) groups excluding carboxylic acids is 2. The second kappa shape index (κ2) is 8.60. The molecule has 0 saturated carbocycles. The first-order chi connectivity index (χ1) is 10.6. The van der Waals surface area contributed by atoms with E-state index in [1.54, 1.807) is 47.4 Å². The van der Waals surface area contributed by atoms with E-state index >= 15 is 0 Å². The van der Waals surface area contributed by atoms with Crippen LogP contribution in [0.25, 0.3) is 0 Å². The van der Waals surface area contributed by atoms with Crippen molar-refractivity contribution in [2.24, 2.45) is 0 Å².